The zero-order chi connectivity index (χ0) is 13.9. The maximum absolute atomic E-state index is 12.7. The fourth-order valence-electron chi connectivity index (χ4n) is 2.03. The van der Waals surface area contributed by atoms with Crippen LogP contribution in [0.3, 0.4) is 0 Å². The van der Waals surface area contributed by atoms with Crippen LogP contribution in [0.5, 0.6) is 5.75 Å². The number of para-hydroxylation sites is 2. The maximum Gasteiger partial charge on any atom is 0.406 e. The van der Waals surface area contributed by atoms with Gasteiger partial charge in [-0.15, -0.1) is 0 Å². The summed E-state index contributed by atoms with van der Waals surface area (Å²) in [7, 11) is 0. The Morgan fingerprint density at radius 1 is 1.37 bits per heavy atom. The van der Waals surface area contributed by atoms with Crippen molar-refractivity contribution in [1.82, 2.24) is 0 Å². The molecule has 1 unspecified atom stereocenters. The average molecular weight is 270 g/mol. The van der Waals surface area contributed by atoms with Gasteiger partial charge < -0.3 is 9.64 Å². The Labute approximate surface area is 109 Å². The fraction of sp³-hybridized carbons (Fsp3) is 0.462. The molecular weight excluding hydrogens is 257 g/mol. The Balaban J connectivity index is 2.23. The SMILES string of the molecule is N#CC(CN1CCCOc2ccccc21)C(F)(F)F. The van der Waals surface area contributed by atoms with Crippen molar-refractivity contribution in [2.75, 3.05) is 24.6 Å². The second-order valence-corrected chi connectivity index (χ2v) is 4.34. The molecule has 1 aromatic carbocycles. The molecule has 0 aromatic heterocycles. The number of benzene rings is 1. The zero-order valence-corrected chi connectivity index (χ0v) is 10.2. The van der Waals surface area contributed by atoms with Crippen LogP contribution in [-0.2, 0) is 0 Å². The quantitative estimate of drug-likeness (QED) is 0.829. The van der Waals surface area contributed by atoms with Gasteiger partial charge in [-0.1, -0.05) is 12.1 Å². The lowest BCUT2D eigenvalue weighted by Gasteiger charge is -2.26. The largest absolute Gasteiger partial charge is 0.491 e. The van der Waals surface area contributed by atoms with Crippen molar-refractivity contribution in [3.63, 3.8) is 0 Å². The van der Waals surface area contributed by atoms with E-state index in [0.717, 1.165) is 0 Å². The van der Waals surface area contributed by atoms with Crippen LogP contribution in [0.4, 0.5) is 18.9 Å². The molecule has 3 nitrogen and oxygen atoms in total. The van der Waals surface area contributed by atoms with E-state index in [2.05, 4.69) is 0 Å². The second kappa shape index (κ2) is 5.39. The second-order valence-electron chi connectivity index (χ2n) is 4.34. The summed E-state index contributed by atoms with van der Waals surface area (Å²) in [5, 5.41) is 8.68. The number of rotatable bonds is 2. The Hall–Kier alpha value is -1.90. The van der Waals surface area contributed by atoms with Gasteiger partial charge in [0.1, 0.15) is 5.75 Å². The molecule has 0 spiro atoms. The van der Waals surface area contributed by atoms with Gasteiger partial charge in [0.25, 0.3) is 0 Å². The topological polar surface area (TPSA) is 36.3 Å². The van der Waals surface area contributed by atoms with Gasteiger partial charge in [-0.2, -0.15) is 18.4 Å². The Kier molecular flexibility index (Phi) is 3.84. The highest BCUT2D eigenvalue weighted by Crippen LogP contribution is 2.33. The minimum atomic E-state index is -4.50. The third kappa shape index (κ3) is 3.11. The van der Waals surface area contributed by atoms with Crippen molar-refractivity contribution in [2.24, 2.45) is 5.92 Å². The monoisotopic (exact) mass is 270 g/mol. The van der Waals surface area contributed by atoms with Crippen LogP contribution in [0.25, 0.3) is 0 Å². The molecule has 0 bridgehead atoms. The van der Waals surface area contributed by atoms with Gasteiger partial charge in [0.05, 0.1) is 18.4 Å². The number of fused-ring (bicyclic) bond motifs is 1. The molecule has 0 saturated carbocycles. The lowest BCUT2D eigenvalue weighted by molar-refractivity contribution is -0.156. The minimum absolute atomic E-state index is 0.361. The first-order valence-electron chi connectivity index (χ1n) is 5.95. The predicted octanol–water partition coefficient (Wildman–Crippen LogP) is 2.98. The third-order valence-corrected chi connectivity index (χ3v) is 2.99. The Morgan fingerprint density at radius 2 is 2.11 bits per heavy atom. The van der Waals surface area contributed by atoms with Crippen LogP contribution < -0.4 is 9.64 Å². The molecule has 0 amide bonds. The van der Waals surface area contributed by atoms with Crippen molar-refractivity contribution in [3.8, 4) is 11.8 Å². The minimum Gasteiger partial charge on any atom is -0.491 e. The smallest absolute Gasteiger partial charge is 0.406 e. The van der Waals surface area contributed by atoms with Crippen molar-refractivity contribution < 1.29 is 17.9 Å². The first-order chi connectivity index (χ1) is 9.02. The molecule has 102 valence electrons. The number of alkyl halides is 3. The molecule has 1 aliphatic heterocycles. The van der Waals surface area contributed by atoms with Crippen molar-refractivity contribution in [3.05, 3.63) is 24.3 Å². The van der Waals surface area contributed by atoms with Crippen molar-refractivity contribution in [1.29, 1.82) is 5.26 Å². The number of nitriles is 1. The van der Waals surface area contributed by atoms with E-state index in [1.807, 2.05) is 0 Å². The predicted molar refractivity (Wildman–Crippen MR) is 63.9 cm³/mol. The van der Waals surface area contributed by atoms with E-state index in [0.29, 0.717) is 31.0 Å². The van der Waals surface area contributed by atoms with Crippen molar-refractivity contribution >= 4 is 5.69 Å². The Morgan fingerprint density at radius 3 is 2.79 bits per heavy atom. The van der Waals surface area contributed by atoms with Gasteiger partial charge in [0.15, 0.2) is 5.92 Å². The molecular formula is C13H13F3N2O. The van der Waals surface area contributed by atoms with E-state index in [-0.39, 0.29) is 6.54 Å². The molecule has 0 fully saturated rings. The third-order valence-electron chi connectivity index (χ3n) is 2.99. The standard InChI is InChI=1S/C13H13F3N2O/c14-13(15,16)10(8-17)9-18-6-3-7-19-12-5-2-1-4-11(12)18/h1-2,4-5,10H,3,6-7,9H2. The molecule has 0 radical (unpaired) electrons. The first-order valence-corrected chi connectivity index (χ1v) is 5.95. The van der Waals surface area contributed by atoms with Gasteiger partial charge in [-0.25, -0.2) is 0 Å². The molecule has 1 aromatic rings. The Bertz CT molecular complexity index is 482. The molecule has 6 heteroatoms. The number of anilines is 1. The lowest BCUT2D eigenvalue weighted by atomic mass is 10.1. The molecule has 1 atom stereocenters. The van der Waals surface area contributed by atoms with Gasteiger partial charge >= 0.3 is 6.18 Å². The molecule has 1 heterocycles. The number of hydrogen-bond acceptors (Lipinski definition) is 3. The molecule has 0 N–H and O–H groups in total. The highest BCUT2D eigenvalue weighted by atomic mass is 19.4. The summed E-state index contributed by atoms with van der Waals surface area (Å²) in [6.45, 7) is 0.558. The highest BCUT2D eigenvalue weighted by molar-refractivity contribution is 5.59. The van der Waals surface area contributed by atoms with E-state index in [1.54, 1.807) is 29.2 Å². The van der Waals surface area contributed by atoms with E-state index in [4.69, 9.17) is 10.00 Å². The number of nitrogens with zero attached hydrogens (tertiary/aromatic N) is 2. The summed E-state index contributed by atoms with van der Waals surface area (Å²) >= 11 is 0. The number of ether oxygens (including phenoxy) is 1. The van der Waals surface area contributed by atoms with Crippen LogP contribution in [0.1, 0.15) is 6.42 Å². The lowest BCUT2D eigenvalue weighted by Crippen LogP contribution is -2.36. The fourth-order valence-corrected chi connectivity index (χ4v) is 2.03. The van der Waals surface area contributed by atoms with E-state index in [1.165, 1.54) is 6.07 Å². The van der Waals surface area contributed by atoms with E-state index in [9.17, 15) is 13.2 Å². The van der Waals surface area contributed by atoms with Crippen LogP contribution in [0, 0.1) is 17.2 Å². The summed E-state index contributed by atoms with van der Waals surface area (Å²) in [4.78, 5) is 1.57. The molecule has 2 rings (SSSR count). The van der Waals surface area contributed by atoms with Crippen LogP contribution >= 0.6 is 0 Å². The van der Waals surface area contributed by atoms with Gasteiger partial charge in [-0.3, -0.25) is 0 Å². The summed E-state index contributed by atoms with van der Waals surface area (Å²) in [6, 6.07) is 8.29. The van der Waals surface area contributed by atoms with Crippen LogP contribution in [0.2, 0.25) is 0 Å². The van der Waals surface area contributed by atoms with Gasteiger partial charge in [0.2, 0.25) is 0 Å². The summed E-state index contributed by atoms with van der Waals surface area (Å²) < 4.78 is 43.5. The van der Waals surface area contributed by atoms with Crippen LogP contribution in [0.15, 0.2) is 24.3 Å². The summed E-state index contributed by atoms with van der Waals surface area (Å²) in [5.41, 5.74) is 0.615. The summed E-state index contributed by atoms with van der Waals surface area (Å²) in [5.74, 6) is -1.42. The zero-order valence-electron chi connectivity index (χ0n) is 10.2. The van der Waals surface area contributed by atoms with Gasteiger partial charge in [-0.05, 0) is 18.6 Å². The number of hydrogen-bond donors (Lipinski definition) is 0. The molecule has 0 aliphatic carbocycles. The van der Waals surface area contributed by atoms with E-state index < -0.39 is 12.1 Å². The summed E-state index contributed by atoms with van der Waals surface area (Å²) in [6.07, 6.45) is -3.87. The number of halogens is 3. The maximum atomic E-state index is 12.7. The van der Waals surface area contributed by atoms with Crippen LogP contribution in [-0.4, -0.2) is 25.9 Å². The van der Waals surface area contributed by atoms with Crippen molar-refractivity contribution in [2.45, 2.75) is 12.6 Å². The van der Waals surface area contributed by atoms with E-state index >= 15 is 0 Å². The first kappa shape index (κ1) is 13.5. The van der Waals surface area contributed by atoms with Gasteiger partial charge in [0, 0.05) is 13.1 Å². The average Bonchev–Trinajstić information content (AvgIpc) is 2.57. The molecule has 1 aliphatic rings. The normalized spacial score (nSPS) is 16.8. The highest BCUT2D eigenvalue weighted by Gasteiger charge is 2.41. The molecule has 19 heavy (non-hydrogen) atoms. The molecule has 0 saturated heterocycles.